The molecule has 0 saturated carbocycles. The smallest absolute Gasteiger partial charge is 0.301 e. The largest absolute Gasteiger partial charge is 0.376 e. The first kappa shape index (κ1) is 14.6. The Morgan fingerprint density at radius 1 is 1.45 bits per heavy atom. The quantitative estimate of drug-likeness (QED) is 0.649. The van der Waals surface area contributed by atoms with Crippen LogP contribution in [0.5, 0.6) is 0 Å². The van der Waals surface area contributed by atoms with E-state index in [-0.39, 0.29) is 16.7 Å². The summed E-state index contributed by atoms with van der Waals surface area (Å²) >= 11 is 1.81. The minimum atomic E-state index is -0.341. The van der Waals surface area contributed by atoms with Gasteiger partial charge in [0.25, 0.3) is 0 Å². The van der Waals surface area contributed by atoms with Crippen LogP contribution in [0, 0.1) is 10.1 Å². The predicted octanol–water partition coefficient (Wildman–Crippen LogP) is 3.70. The van der Waals surface area contributed by atoms with Gasteiger partial charge in [0, 0.05) is 18.0 Å². The second-order valence-electron chi connectivity index (χ2n) is 4.49. The summed E-state index contributed by atoms with van der Waals surface area (Å²) in [5.41, 5.74) is 1.30. The van der Waals surface area contributed by atoms with Crippen LogP contribution in [0.25, 0.3) is 10.9 Å². The Kier molecular flexibility index (Phi) is 4.79. The molecule has 0 aliphatic heterocycles. The van der Waals surface area contributed by atoms with Crippen molar-refractivity contribution in [3.8, 4) is 0 Å². The standard InChI is InChI=1S/C14H17N3O2S/c1-3-20-9-10(2)16-13-7-6-12-11(5-4-8-15-12)14(13)17(18)19/h4-8,10,16H,3,9H2,1-2H3. The highest BCUT2D eigenvalue weighted by atomic mass is 32.2. The number of aromatic nitrogens is 1. The van der Waals surface area contributed by atoms with Crippen molar-refractivity contribution in [2.45, 2.75) is 19.9 Å². The first-order valence-electron chi connectivity index (χ1n) is 6.50. The van der Waals surface area contributed by atoms with Crippen LogP contribution >= 0.6 is 11.8 Å². The molecule has 1 atom stereocenters. The molecule has 0 amide bonds. The second kappa shape index (κ2) is 6.56. The number of thioether (sulfide) groups is 1. The van der Waals surface area contributed by atoms with E-state index in [0.29, 0.717) is 16.6 Å². The summed E-state index contributed by atoms with van der Waals surface area (Å²) in [6.07, 6.45) is 1.64. The van der Waals surface area contributed by atoms with Crippen molar-refractivity contribution < 1.29 is 4.92 Å². The Morgan fingerprint density at radius 3 is 2.95 bits per heavy atom. The molecule has 0 bridgehead atoms. The third kappa shape index (κ3) is 3.19. The number of nitrogens with zero attached hydrogens (tertiary/aromatic N) is 2. The Hall–Kier alpha value is -1.82. The van der Waals surface area contributed by atoms with Crippen LogP contribution in [0.1, 0.15) is 13.8 Å². The summed E-state index contributed by atoms with van der Waals surface area (Å²) in [6.45, 7) is 4.13. The fourth-order valence-corrected chi connectivity index (χ4v) is 2.72. The van der Waals surface area contributed by atoms with E-state index in [0.717, 1.165) is 11.5 Å². The molecular weight excluding hydrogens is 274 g/mol. The summed E-state index contributed by atoms with van der Waals surface area (Å²) < 4.78 is 0. The molecule has 0 aliphatic carbocycles. The first-order chi connectivity index (χ1) is 9.63. The summed E-state index contributed by atoms with van der Waals surface area (Å²) in [7, 11) is 0. The highest BCUT2D eigenvalue weighted by molar-refractivity contribution is 7.99. The Balaban J connectivity index is 2.37. The number of hydrogen-bond donors (Lipinski definition) is 1. The third-order valence-electron chi connectivity index (χ3n) is 2.91. The molecule has 2 rings (SSSR count). The number of anilines is 1. The molecule has 5 nitrogen and oxygen atoms in total. The van der Waals surface area contributed by atoms with Gasteiger partial charge in [0.2, 0.25) is 0 Å². The van der Waals surface area contributed by atoms with Gasteiger partial charge in [-0.1, -0.05) is 6.92 Å². The number of rotatable bonds is 6. The molecular formula is C14H17N3O2S. The number of benzene rings is 1. The second-order valence-corrected chi connectivity index (χ2v) is 5.81. The third-order valence-corrected chi connectivity index (χ3v) is 4.06. The van der Waals surface area contributed by atoms with Crippen molar-refractivity contribution in [1.29, 1.82) is 0 Å². The van der Waals surface area contributed by atoms with Crippen LogP contribution in [0.3, 0.4) is 0 Å². The lowest BCUT2D eigenvalue weighted by Crippen LogP contribution is -2.18. The molecule has 0 spiro atoms. The minimum Gasteiger partial charge on any atom is -0.376 e. The topological polar surface area (TPSA) is 68.1 Å². The summed E-state index contributed by atoms with van der Waals surface area (Å²) in [5, 5.41) is 15.2. The molecule has 106 valence electrons. The van der Waals surface area contributed by atoms with Crippen LogP contribution in [0.15, 0.2) is 30.5 Å². The maximum atomic E-state index is 11.4. The Labute approximate surface area is 121 Å². The van der Waals surface area contributed by atoms with Crippen molar-refractivity contribution in [2.75, 3.05) is 16.8 Å². The summed E-state index contributed by atoms with van der Waals surface area (Å²) in [6, 6.07) is 7.17. The number of hydrogen-bond acceptors (Lipinski definition) is 5. The van der Waals surface area contributed by atoms with Crippen LogP contribution in [-0.2, 0) is 0 Å². The van der Waals surface area contributed by atoms with E-state index in [9.17, 15) is 10.1 Å². The van der Waals surface area contributed by atoms with Crippen LogP contribution < -0.4 is 5.32 Å². The Morgan fingerprint density at radius 2 is 2.25 bits per heavy atom. The maximum absolute atomic E-state index is 11.4. The maximum Gasteiger partial charge on any atom is 0.301 e. The van der Waals surface area contributed by atoms with Crippen LogP contribution in [0.2, 0.25) is 0 Å². The first-order valence-corrected chi connectivity index (χ1v) is 7.65. The van der Waals surface area contributed by atoms with Gasteiger partial charge >= 0.3 is 5.69 Å². The van der Waals surface area contributed by atoms with E-state index in [1.165, 1.54) is 0 Å². The fraction of sp³-hybridized carbons (Fsp3) is 0.357. The van der Waals surface area contributed by atoms with Crippen molar-refractivity contribution in [1.82, 2.24) is 4.98 Å². The average molecular weight is 291 g/mol. The van der Waals surface area contributed by atoms with Crippen LogP contribution in [0.4, 0.5) is 11.4 Å². The number of pyridine rings is 1. The minimum absolute atomic E-state index is 0.101. The van der Waals surface area contributed by atoms with Gasteiger partial charge < -0.3 is 5.32 Å². The van der Waals surface area contributed by atoms with Crippen LogP contribution in [-0.4, -0.2) is 27.5 Å². The van der Waals surface area contributed by atoms with Crippen molar-refractivity contribution in [3.63, 3.8) is 0 Å². The molecule has 1 aromatic heterocycles. The van der Waals surface area contributed by atoms with Gasteiger partial charge in [-0.3, -0.25) is 15.1 Å². The number of nitro groups is 1. The molecule has 20 heavy (non-hydrogen) atoms. The molecule has 0 radical (unpaired) electrons. The van der Waals surface area contributed by atoms with Gasteiger partial charge in [-0.2, -0.15) is 11.8 Å². The van der Waals surface area contributed by atoms with Crippen molar-refractivity contribution in [2.24, 2.45) is 0 Å². The zero-order chi connectivity index (χ0) is 14.5. The zero-order valence-electron chi connectivity index (χ0n) is 11.5. The fourth-order valence-electron chi connectivity index (χ4n) is 2.05. The lowest BCUT2D eigenvalue weighted by Gasteiger charge is -2.15. The Bertz CT molecular complexity index is 618. The monoisotopic (exact) mass is 291 g/mol. The molecule has 1 unspecified atom stereocenters. The number of fused-ring (bicyclic) bond motifs is 1. The lowest BCUT2D eigenvalue weighted by atomic mass is 10.1. The molecule has 2 aromatic rings. The molecule has 1 heterocycles. The van der Waals surface area contributed by atoms with Gasteiger partial charge in [0.05, 0.1) is 15.8 Å². The van der Waals surface area contributed by atoms with Gasteiger partial charge in [0.15, 0.2) is 0 Å². The van der Waals surface area contributed by atoms with E-state index < -0.39 is 0 Å². The van der Waals surface area contributed by atoms with Gasteiger partial charge in [-0.25, -0.2) is 0 Å². The average Bonchev–Trinajstić information content (AvgIpc) is 2.44. The molecule has 6 heteroatoms. The molecule has 1 aromatic carbocycles. The molecule has 0 aliphatic rings. The molecule has 1 N–H and O–H groups in total. The number of nitro benzene ring substituents is 1. The van der Waals surface area contributed by atoms with E-state index in [2.05, 4.69) is 17.2 Å². The van der Waals surface area contributed by atoms with Gasteiger partial charge in [-0.05, 0) is 36.9 Å². The van der Waals surface area contributed by atoms with Gasteiger partial charge in [-0.15, -0.1) is 0 Å². The van der Waals surface area contributed by atoms with Crippen molar-refractivity contribution >= 4 is 34.0 Å². The highest BCUT2D eigenvalue weighted by Crippen LogP contribution is 2.32. The highest BCUT2D eigenvalue weighted by Gasteiger charge is 2.19. The normalized spacial score (nSPS) is 12.3. The summed E-state index contributed by atoms with van der Waals surface area (Å²) in [4.78, 5) is 15.2. The van der Waals surface area contributed by atoms with E-state index >= 15 is 0 Å². The zero-order valence-corrected chi connectivity index (χ0v) is 12.3. The van der Waals surface area contributed by atoms with Crippen molar-refractivity contribution in [3.05, 3.63) is 40.6 Å². The van der Waals surface area contributed by atoms with E-state index in [1.807, 2.05) is 24.8 Å². The SMILES string of the molecule is CCSCC(C)Nc1ccc2ncccc2c1[N+](=O)[O-]. The predicted molar refractivity (Wildman–Crippen MR) is 84.5 cm³/mol. The molecule has 0 fully saturated rings. The lowest BCUT2D eigenvalue weighted by molar-refractivity contribution is -0.382. The number of nitrogens with one attached hydrogen (secondary N) is 1. The summed E-state index contributed by atoms with van der Waals surface area (Å²) in [5.74, 6) is 1.95. The van der Waals surface area contributed by atoms with E-state index in [4.69, 9.17) is 0 Å². The molecule has 0 saturated heterocycles. The van der Waals surface area contributed by atoms with E-state index in [1.54, 1.807) is 24.4 Å². The van der Waals surface area contributed by atoms with Gasteiger partial charge in [0.1, 0.15) is 5.69 Å².